The fourth-order valence-electron chi connectivity index (χ4n) is 1.84. The largest absolute Gasteiger partial charge is 0.482 e. The van der Waals surface area contributed by atoms with Gasteiger partial charge in [-0.15, -0.1) is 0 Å². The Morgan fingerprint density at radius 3 is 2.71 bits per heavy atom. The van der Waals surface area contributed by atoms with E-state index in [2.05, 4.69) is 22.0 Å². The summed E-state index contributed by atoms with van der Waals surface area (Å²) in [6, 6.07) is 12.0. The maximum atomic E-state index is 11.0. The zero-order valence-corrected chi connectivity index (χ0v) is 12.8. The lowest BCUT2D eigenvalue weighted by molar-refractivity contribution is -0.386. The summed E-state index contributed by atoms with van der Waals surface area (Å²) in [5.74, 6) is 0.215. The highest BCUT2D eigenvalue weighted by atomic mass is 79.9. The number of rotatable bonds is 4. The van der Waals surface area contributed by atoms with Crippen LogP contribution in [0.3, 0.4) is 0 Å². The van der Waals surface area contributed by atoms with E-state index in [1.807, 2.05) is 6.92 Å². The van der Waals surface area contributed by atoms with Gasteiger partial charge >= 0.3 is 5.69 Å². The van der Waals surface area contributed by atoms with E-state index in [0.29, 0.717) is 10.0 Å². The van der Waals surface area contributed by atoms with E-state index in [1.54, 1.807) is 30.3 Å². The molecular weight excluding hydrogens is 336 g/mol. The molecular formula is C15H11BrN2O3. The van der Waals surface area contributed by atoms with Crippen molar-refractivity contribution in [3.63, 3.8) is 0 Å². The van der Waals surface area contributed by atoms with Gasteiger partial charge in [-0.25, -0.2) is 0 Å². The van der Waals surface area contributed by atoms with Crippen molar-refractivity contribution in [1.29, 1.82) is 5.26 Å². The third-order valence-corrected chi connectivity index (χ3v) is 3.47. The van der Waals surface area contributed by atoms with Crippen molar-refractivity contribution in [1.82, 2.24) is 0 Å². The molecule has 0 aliphatic rings. The molecule has 0 amide bonds. The quantitative estimate of drug-likeness (QED) is 0.616. The molecule has 0 atom stereocenters. The minimum Gasteiger partial charge on any atom is -0.482 e. The van der Waals surface area contributed by atoms with Crippen molar-refractivity contribution in [3.05, 3.63) is 67.7 Å². The molecule has 0 heterocycles. The number of benzene rings is 2. The normalized spacial score (nSPS) is 9.95. The highest BCUT2D eigenvalue weighted by Crippen LogP contribution is 2.30. The van der Waals surface area contributed by atoms with Crippen LogP contribution in [0.5, 0.6) is 5.75 Å². The first-order valence-corrected chi connectivity index (χ1v) is 6.87. The van der Waals surface area contributed by atoms with Gasteiger partial charge in [-0.3, -0.25) is 10.1 Å². The summed E-state index contributed by atoms with van der Waals surface area (Å²) < 4.78 is 6.17. The van der Waals surface area contributed by atoms with Crippen LogP contribution in [-0.4, -0.2) is 4.92 Å². The number of ether oxygens (including phenoxy) is 1. The molecule has 0 unspecified atom stereocenters. The molecule has 0 N–H and O–H groups in total. The third kappa shape index (κ3) is 3.58. The lowest BCUT2D eigenvalue weighted by Gasteiger charge is -2.09. The van der Waals surface area contributed by atoms with E-state index in [9.17, 15) is 10.1 Å². The number of aryl methyl sites for hydroxylation is 1. The molecule has 0 saturated heterocycles. The summed E-state index contributed by atoms with van der Waals surface area (Å²) in [6.45, 7) is 2.08. The Bertz CT molecular complexity index is 738. The summed E-state index contributed by atoms with van der Waals surface area (Å²) in [5.41, 5.74) is 2.28. The van der Waals surface area contributed by atoms with E-state index in [-0.39, 0.29) is 18.0 Å². The summed E-state index contributed by atoms with van der Waals surface area (Å²) in [6.07, 6.45) is 0. The monoisotopic (exact) mass is 346 g/mol. The first-order valence-electron chi connectivity index (χ1n) is 6.07. The lowest BCUT2D eigenvalue weighted by atomic mass is 10.1. The highest BCUT2D eigenvalue weighted by Gasteiger charge is 2.15. The Kier molecular flexibility index (Phi) is 4.55. The van der Waals surface area contributed by atoms with Gasteiger partial charge in [-0.05, 0) is 42.3 Å². The Labute approximate surface area is 130 Å². The van der Waals surface area contributed by atoms with Gasteiger partial charge in [0.05, 0.1) is 16.6 Å². The minimum atomic E-state index is -0.480. The molecule has 0 aliphatic heterocycles. The van der Waals surface area contributed by atoms with E-state index in [1.165, 1.54) is 6.07 Å². The van der Waals surface area contributed by atoms with Crippen LogP contribution in [0.4, 0.5) is 5.69 Å². The van der Waals surface area contributed by atoms with E-state index in [0.717, 1.165) is 11.1 Å². The third-order valence-electron chi connectivity index (χ3n) is 2.97. The van der Waals surface area contributed by atoms with Crippen molar-refractivity contribution in [2.24, 2.45) is 0 Å². The zero-order valence-electron chi connectivity index (χ0n) is 11.2. The molecule has 0 radical (unpaired) electrons. The number of nitro benzene ring substituents is 1. The van der Waals surface area contributed by atoms with Crippen LogP contribution in [-0.2, 0) is 6.61 Å². The SMILES string of the molecule is Cc1cc(C#N)ccc1COc1ccc(Br)cc1[N+](=O)[O-]. The van der Waals surface area contributed by atoms with E-state index >= 15 is 0 Å². The van der Waals surface area contributed by atoms with Gasteiger partial charge in [0.15, 0.2) is 5.75 Å². The molecule has 5 nitrogen and oxygen atoms in total. The summed E-state index contributed by atoms with van der Waals surface area (Å²) >= 11 is 3.20. The smallest absolute Gasteiger partial charge is 0.312 e. The average Bonchev–Trinajstić information content (AvgIpc) is 2.46. The molecule has 0 aromatic heterocycles. The summed E-state index contributed by atoms with van der Waals surface area (Å²) in [5, 5.41) is 19.8. The fourth-order valence-corrected chi connectivity index (χ4v) is 2.19. The van der Waals surface area contributed by atoms with Gasteiger partial charge < -0.3 is 4.74 Å². The number of hydrogen-bond donors (Lipinski definition) is 0. The topological polar surface area (TPSA) is 76.2 Å². The predicted molar refractivity (Wildman–Crippen MR) is 81.0 cm³/mol. The molecule has 106 valence electrons. The Hall–Kier alpha value is -2.39. The molecule has 0 saturated carbocycles. The molecule has 2 rings (SSSR count). The Balaban J connectivity index is 2.21. The van der Waals surface area contributed by atoms with Gasteiger partial charge in [0, 0.05) is 10.5 Å². The van der Waals surface area contributed by atoms with Gasteiger partial charge in [0.25, 0.3) is 0 Å². The molecule has 0 aliphatic carbocycles. The van der Waals surface area contributed by atoms with Crippen LogP contribution in [0.1, 0.15) is 16.7 Å². The van der Waals surface area contributed by atoms with E-state index < -0.39 is 4.92 Å². The van der Waals surface area contributed by atoms with Crippen molar-refractivity contribution in [2.45, 2.75) is 13.5 Å². The van der Waals surface area contributed by atoms with E-state index in [4.69, 9.17) is 10.00 Å². The number of halogens is 1. The van der Waals surface area contributed by atoms with Crippen molar-refractivity contribution >= 4 is 21.6 Å². The first kappa shape index (κ1) is 15.0. The van der Waals surface area contributed by atoms with Crippen LogP contribution in [0.15, 0.2) is 40.9 Å². The second-order valence-corrected chi connectivity index (χ2v) is 5.33. The molecule has 21 heavy (non-hydrogen) atoms. The van der Waals surface area contributed by atoms with Gasteiger partial charge in [-0.2, -0.15) is 5.26 Å². The van der Waals surface area contributed by atoms with Crippen LogP contribution in [0, 0.1) is 28.4 Å². The molecule has 2 aromatic rings. The number of nitriles is 1. The van der Waals surface area contributed by atoms with Gasteiger partial charge in [-0.1, -0.05) is 22.0 Å². The number of nitrogens with zero attached hydrogens (tertiary/aromatic N) is 2. The average molecular weight is 347 g/mol. The van der Waals surface area contributed by atoms with Gasteiger partial charge in [0.2, 0.25) is 0 Å². The minimum absolute atomic E-state index is 0.0873. The number of nitro groups is 1. The molecule has 0 spiro atoms. The fraction of sp³-hybridized carbons (Fsp3) is 0.133. The Morgan fingerprint density at radius 2 is 2.10 bits per heavy atom. The maximum absolute atomic E-state index is 11.0. The molecule has 0 bridgehead atoms. The van der Waals surface area contributed by atoms with Crippen molar-refractivity contribution in [3.8, 4) is 11.8 Å². The summed E-state index contributed by atoms with van der Waals surface area (Å²) in [4.78, 5) is 10.5. The number of hydrogen-bond acceptors (Lipinski definition) is 4. The van der Waals surface area contributed by atoms with Crippen molar-refractivity contribution in [2.75, 3.05) is 0 Å². The van der Waals surface area contributed by atoms with Crippen LogP contribution < -0.4 is 4.74 Å². The predicted octanol–water partition coefficient (Wildman–Crippen LogP) is 4.12. The Morgan fingerprint density at radius 1 is 1.33 bits per heavy atom. The summed E-state index contributed by atoms with van der Waals surface area (Å²) in [7, 11) is 0. The second-order valence-electron chi connectivity index (χ2n) is 4.41. The molecule has 0 fully saturated rings. The zero-order chi connectivity index (χ0) is 15.4. The second kappa shape index (κ2) is 6.37. The standard InChI is InChI=1S/C15H11BrN2O3/c1-10-6-11(8-17)2-3-12(10)9-21-15-5-4-13(16)7-14(15)18(19)20/h2-7H,9H2,1H3. The van der Waals surface area contributed by atoms with Crippen LogP contribution in [0.2, 0.25) is 0 Å². The van der Waals surface area contributed by atoms with Crippen LogP contribution in [0.25, 0.3) is 0 Å². The highest BCUT2D eigenvalue weighted by molar-refractivity contribution is 9.10. The molecule has 2 aromatic carbocycles. The van der Waals surface area contributed by atoms with Crippen molar-refractivity contribution < 1.29 is 9.66 Å². The molecule has 6 heteroatoms. The van der Waals surface area contributed by atoms with Gasteiger partial charge in [0.1, 0.15) is 6.61 Å². The maximum Gasteiger partial charge on any atom is 0.312 e. The first-order chi connectivity index (χ1) is 10.0. The van der Waals surface area contributed by atoms with Crippen LogP contribution >= 0.6 is 15.9 Å². The lowest BCUT2D eigenvalue weighted by Crippen LogP contribution is -2.01.